The lowest BCUT2D eigenvalue weighted by atomic mass is 9.97. The first-order valence-electron chi connectivity index (χ1n) is 8.60. The molecule has 0 spiro atoms. The van der Waals surface area contributed by atoms with Crippen LogP contribution in [-0.4, -0.2) is 29.7 Å². The van der Waals surface area contributed by atoms with Gasteiger partial charge in [0.05, 0.1) is 18.5 Å². The zero-order valence-electron chi connectivity index (χ0n) is 14.9. The fraction of sp³-hybridized carbons (Fsp3) is 0.667. The fourth-order valence-electron chi connectivity index (χ4n) is 2.10. The molecule has 0 aliphatic carbocycles. The minimum absolute atomic E-state index is 0.122. The topological polar surface area (TPSA) is 60.5 Å². The minimum atomic E-state index is -0.802. The maximum atomic E-state index is 12.6. The van der Waals surface area contributed by atoms with Crippen LogP contribution in [0.5, 0.6) is 5.88 Å². The van der Waals surface area contributed by atoms with Gasteiger partial charge < -0.3 is 14.8 Å². The standard InChI is InChI=1S/C18H30N2O3/c1-5-8-11-18(4,23-13-7-3)17(21)20-15-9-10-16(19-14-15)22-12-6-2/h9-10,14H,5-8,11-13H2,1-4H3,(H,20,21)/t18-/m0/s1. The highest BCUT2D eigenvalue weighted by Gasteiger charge is 2.33. The van der Waals surface area contributed by atoms with E-state index >= 15 is 0 Å². The molecule has 1 amide bonds. The summed E-state index contributed by atoms with van der Waals surface area (Å²) >= 11 is 0. The maximum Gasteiger partial charge on any atom is 0.256 e. The Balaban J connectivity index is 2.69. The van der Waals surface area contributed by atoms with E-state index in [1.807, 2.05) is 20.8 Å². The predicted octanol–water partition coefficient (Wildman–Crippen LogP) is 4.18. The SMILES string of the molecule is CCCC[C@](C)(OCCC)C(=O)Nc1ccc(OCCC)nc1. The molecule has 0 bridgehead atoms. The van der Waals surface area contributed by atoms with E-state index in [1.165, 1.54) is 0 Å². The van der Waals surface area contributed by atoms with Crippen molar-refractivity contribution in [2.45, 2.75) is 65.4 Å². The Morgan fingerprint density at radius 2 is 1.91 bits per heavy atom. The van der Waals surface area contributed by atoms with Gasteiger partial charge in [-0.1, -0.05) is 33.6 Å². The van der Waals surface area contributed by atoms with E-state index in [4.69, 9.17) is 9.47 Å². The number of rotatable bonds is 11. The molecule has 1 rings (SSSR count). The van der Waals surface area contributed by atoms with Gasteiger partial charge in [-0.2, -0.15) is 0 Å². The molecule has 0 aliphatic rings. The summed E-state index contributed by atoms with van der Waals surface area (Å²) in [4.78, 5) is 16.8. The highest BCUT2D eigenvalue weighted by atomic mass is 16.5. The Morgan fingerprint density at radius 3 is 2.48 bits per heavy atom. The first-order chi connectivity index (χ1) is 11.1. The Labute approximate surface area is 139 Å². The van der Waals surface area contributed by atoms with Crippen LogP contribution in [0.1, 0.15) is 59.8 Å². The summed E-state index contributed by atoms with van der Waals surface area (Å²) in [5.74, 6) is 0.448. The lowest BCUT2D eigenvalue weighted by molar-refractivity contribution is -0.140. The van der Waals surface area contributed by atoms with Gasteiger partial charge in [0.1, 0.15) is 5.60 Å². The molecule has 0 saturated carbocycles. The monoisotopic (exact) mass is 322 g/mol. The second-order valence-corrected chi connectivity index (χ2v) is 5.87. The Morgan fingerprint density at radius 1 is 1.17 bits per heavy atom. The van der Waals surface area contributed by atoms with E-state index in [0.717, 1.165) is 25.7 Å². The lowest BCUT2D eigenvalue weighted by Crippen LogP contribution is -2.43. The van der Waals surface area contributed by atoms with Gasteiger partial charge in [-0.3, -0.25) is 4.79 Å². The number of hydrogen-bond donors (Lipinski definition) is 1. The van der Waals surface area contributed by atoms with E-state index in [-0.39, 0.29) is 5.91 Å². The van der Waals surface area contributed by atoms with Crippen molar-refractivity contribution in [2.75, 3.05) is 18.5 Å². The van der Waals surface area contributed by atoms with Crippen molar-refractivity contribution in [3.05, 3.63) is 18.3 Å². The number of hydrogen-bond acceptors (Lipinski definition) is 4. The normalized spacial score (nSPS) is 13.4. The number of nitrogens with zero attached hydrogens (tertiary/aromatic N) is 1. The number of ether oxygens (including phenoxy) is 2. The fourth-order valence-corrected chi connectivity index (χ4v) is 2.10. The first-order valence-corrected chi connectivity index (χ1v) is 8.60. The van der Waals surface area contributed by atoms with Gasteiger partial charge in [0.15, 0.2) is 0 Å². The van der Waals surface area contributed by atoms with Gasteiger partial charge in [0.25, 0.3) is 5.91 Å². The predicted molar refractivity (Wildman–Crippen MR) is 92.8 cm³/mol. The summed E-state index contributed by atoms with van der Waals surface area (Å²) < 4.78 is 11.3. The van der Waals surface area contributed by atoms with Crippen LogP contribution in [0.2, 0.25) is 0 Å². The van der Waals surface area contributed by atoms with E-state index in [9.17, 15) is 4.79 Å². The van der Waals surface area contributed by atoms with Gasteiger partial charge in [-0.15, -0.1) is 0 Å². The third-order valence-electron chi connectivity index (χ3n) is 3.56. The van der Waals surface area contributed by atoms with Crippen LogP contribution in [-0.2, 0) is 9.53 Å². The maximum absolute atomic E-state index is 12.6. The molecule has 0 aromatic carbocycles. The number of aromatic nitrogens is 1. The molecule has 0 fully saturated rings. The zero-order valence-corrected chi connectivity index (χ0v) is 14.9. The Kier molecular flexibility index (Phi) is 8.62. The molecule has 0 unspecified atom stereocenters. The molecule has 1 heterocycles. The van der Waals surface area contributed by atoms with Crippen LogP contribution < -0.4 is 10.1 Å². The summed E-state index contributed by atoms with van der Waals surface area (Å²) in [5.41, 5.74) is -0.148. The average Bonchev–Trinajstić information content (AvgIpc) is 2.57. The number of unbranched alkanes of at least 4 members (excludes halogenated alkanes) is 1. The van der Waals surface area contributed by atoms with Crippen LogP contribution in [0.3, 0.4) is 0 Å². The molecule has 0 aliphatic heterocycles. The second kappa shape index (κ2) is 10.2. The first kappa shape index (κ1) is 19.4. The third-order valence-corrected chi connectivity index (χ3v) is 3.56. The van der Waals surface area contributed by atoms with Crippen LogP contribution in [0.25, 0.3) is 0 Å². The molecule has 0 radical (unpaired) electrons. The van der Waals surface area contributed by atoms with Crippen LogP contribution in [0, 0.1) is 0 Å². The highest BCUT2D eigenvalue weighted by Crippen LogP contribution is 2.22. The zero-order chi connectivity index (χ0) is 17.1. The number of carbonyl (C=O) groups is 1. The molecule has 0 saturated heterocycles. The van der Waals surface area contributed by atoms with E-state index in [1.54, 1.807) is 18.3 Å². The van der Waals surface area contributed by atoms with Crippen LogP contribution >= 0.6 is 0 Å². The number of pyridine rings is 1. The summed E-state index contributed by atoms with van der Waals surface area (Å²) in [6.45, 7) is 9.27. The van der Waals surface area contributed by atoms with Crippen molar-refractivity contribution in [2.24, 2.45) is 0 Å². The van der Waals surface area contributed by atoms with Crippen molar-refractivity contribution in [1.82, 2.24) is 4.98 Å². The van der Waals surface area contributed by atoms with Gasteiger partial charge >= 0.3 is 0 Å². The number of amides is 1. The largest absolute Gasteiger partial charge is 0.478 e. The number of nitrogens with one attached hydrogen (secondary N) is 1. The van der Waals surface area contributed by atoms with E-state index in [0.29, 0.717) is 31.2 Å². The van der Waals surface area contributed by atoms with Gasteiger partial charge in [-0.05, 0) is 32.3 Å². The van der Waals surface area contributed by atoms with E-state index < -0.39 is 5.60 Å². The van der Waals surface area contributed by atoms with Crippen molar-refractivity contribution >= 4 is 11.6 Å². The molecule has 1 aromatic rings. The van der Waals surface area contributed by atoms with Crippen LogP contribution in [0.4, 0.5) is 5.69 Å². The average molecular weight is 322 g/mol. The molecule has 23 heavy (non-hydrogen) atoms. The second-order valence-electron chi connectivity index (χ2n) is 5.87. The highest BCUT2D eigenvalue weighted by molar-refractivity contribution is 5.96. The van der Waals surface area contributed by atoms with Gasteiger partial charge in [0, 0.05) is 12.7 Å². The van der Waals surface area contributed by atoms with Gasteiger partial charge in [0.2, 0.25) is 5.88 Å². The van der Waals surface area contributed by atoms with Gasteiger partial charge in [-0.25, -0.2) is 4.98 Å². The third kappa shape index (κ3) is 6.57. The molecule has 130 valence electrons. The van der Waals surface area contributed by atoms with Crippen molar-refractivity contribution < 1.29 is 14.3 Å². The summed E-state index contributed by atoms with van der Waals surface area (Å²) in [6, 6.07) is 3.57. The van der Waals surface area contributed by atoms with E-state index in [2.05, 4.69) is 17.2 Å². The number of anilines is 1. The molecule has 5 nitrogen and oxygen atoms in total. The summed E-state index contributed by atoms with van der Waals surface area (Å²) in [5, 5.41) is 2.90. The van der Waals surface area contributed by atoms with Crippen molar-refractivity contribution in [3.63, 3.8) is 0 Å². The van der Waals surface area contributed by atoms with Crippen molar-refractivity contribution in [3.8, 4) is 5.88 Å². The molecule has 1 atom stereocenters. The molecule has 5 heteroatoms. The molecular weight excluding hydrogens is 292 g/mol. The summed E-state index contributed by atoms with van der Waals surface area (Å²) in [7, 11) is 0. The molecular formula is C18H30N2O3. The quantitative estimate of drug-likeness (QED) is 0.664. The summed E-state index contributed by atoms with van der Waals surface area (Å²) in [6.07, 6.45) is 6.13. The van der Waals surface area contributed by atoms with Crippen LogP contribution in [0.15, 0.2) is 18.3 Å². The minimum Gasteiger partial charge on any atom is -0.478 e. The Bertz CT molecular complexity index is 452. The molecule has 1 N–H and O–H groups in total. The van der Waals surface area contributed by atoms with Crippen molar-refractivity contribution in [1.29, 1.82) is 0 Å². The molecule has 1 aromatic heterocycles. The smallest absolute Gasteiger partial charge is 0.256 e. The lowest BCUT2D eigenvalue weighted by Gasteiger charge is -2.28. The number of carbonyl (C=O) groups excluding carboxylic acids is 1. The Hall–Kier alpha value is -1.62.